The Balaban J connectivity index is 1.38. The lowest BCUT2D eigenvalue weighted by Gasteiger charge is -2.13. The largest absolute Gasteiger partial charge is 0.369 e. The Morgan fingerprint density at radius 1 is 1.07 bits per heavy atom. The molecule has 1 aromatic carbocycles. The molecule has 0 bridgehead atoms. The van der Waals surface area contributed by atoms with Gasteiger partial charge in [-0.05, 0) is 49.1 Å². The van der Waals surface area contributed by atoms with Crippen molar-refractivity contribution in [2.45, 2.75) is 32.1 Å². The average Bonchev–Trinajstić information content (AvgIpc) is 2.74. The number of guanidine groups is 1. The van der Waals surface area contributed by atoms with Crippen LogP contribution in [0.15, 0.2) is 66.0 Å². The molecule has 0 atom stereocenters. The molecule has 0 spiro atoms. The molecule has 0 unspecified atom stereocenters. The fourth-order valence-electron chi connectivity index (χ4n) is 3.05. The number of rotatable bonds is 8. The van der Waals surface area contributed by atoms with Gasteiger partial charge in [0.15, 0.2) is 6.19 Å². The molecule has 6 nitrogen and oxygen atoms in total. The number of nitrogens with zero attached hydrogens (tertiary/aromatic N) is 5. The van der Waals surface area contributed by atoms with Gasteiger partial charge in [0.05, 0.1) is 11.2 Å². The van der Waals surface area contributed by atoms with Gasteiger partial charge in [-0.2, -0.15) is 5.26 Å². The predicted octanol–water partition coefficient (Wildman–Crippen LogP) is 4.04. The first-order valence-electron chi connectivity index (χ1n) is 9.51. The number of para-hydroxylation sites is 1. The number of hydrogen-bond acceptors (Lipinski definition) is 4. The summed E-state index contributed by atoms with van der Waals surface area (Å²) in [6.07, 6.45) is 12.6. The quantitative estimate of drug-likeness (QED) is 0.212. The van der Waals surface area contributed by atoms with Crippen LogP contribution in [0.2, 0.25) is 0 Å². The van der Waals surface area contributed by atoms with Gasteiger partial charge >= 0.3 is 0 Å². The minimum atomic E-state index is 0.218. The summed E-state index contributed by atoms with van der Waals surface area (Å²) in [5.41, 5.74) is 8.94. The zero-order valence-electron chi connectivity index (χ0n) is 15.8. The average molecular weight is 372 g/mol. The highest BCUT2D eigenvalue weighted by molar-refractivity contribution is 5.97. The van der Waals surface area contributed by atoms with Crippen LogP contribution in [0.4, 0.5) is 5.69 Å². The monoisotopic (exact) mass is 372 g/mol. The Morgan fingerprint density at radius 3 is 2.68 bits per heavy atom. The number of pyridine rings is 2. The van der Waals surface area contributed by atoms with Crippen molar-refractivity contribution in [3.8, 4) is 6.19 Å². The molecule has 0 amide bonds. The molecule has 0 aliphatic heterocycles. The molecule has 2 aromatic heterocycles. The third-order valence-electron chi connectivity index (χ3n) is 4.54. The maximum absolute atomic E-state index is 9.29. The maximum Gasteiger partial charge on any atom is 0.209 e. The molecule has 0 saturated carbocycles. The summed E-state index contributed by atoms with van der Waals surface area (Å²) < 4.78 is 0. The third-order valence-corrected chi connectivity index (χ3v) is 4.54. The molecule has 0 aliphatic carbocycles. The molecule has 0 saturated heterocycles. The molecule has 2 N–H and O–H groups in total. The lowest BCUT2D eigenvalue weighted by atomic mass is 10.1. The topological polar surface area (TPSA) is 91.2 Å². The van der Waals surface area contributed by atoms with E-state index in [9.17, 15) is 5.26 Å². The molecule has 3 rings (SSSR count). The van der Waals surface area contributed by atoms with Gasteiger partial charge in [0.25, 0.3) is 0 Å². The molecule has 3 aromatic rings. The van der Waals surface area contributed by atoms with Crippen molar-refractivity contribution in [1.29, 1.82) is 5.26 Å². The van der Waals surface area contributed by atoms with Crippen molar-refractivity contribution < 1.29 is 0 Å². The van der Waals surface area contributed by atoms with Gasteiger partial charge in [-0.15, -0.1) is 0 Å². The standard InChI is InChI=1S/C22H24N6/c23-17-28(20-10-13-25-14-11-20)22(24)26-12-6-2-1-3-7-18-15-19-8-4-5-9-21(19)27-16-18/h4-5,8-11,13-16H,1-3,6-7,12H2,(H2,24,26). The van der Waals surface area contributed by atoms with E-state index < -0.39 is 0 Å². The van der Waals surface area contributed by atoms with E-state index in [1.165, 1.54) is 15.8 Å². The molecule has 2 heterocycles. The first-order valence-corrected chi connectivity index (χ1v) is 9.51. The Morgan fingerprint density at radius 2 is 1.86 bits per heavy atom. The minimum absolute atomic E-state index is 0.218. The zero-order chi connectivity index (χ0) is 19.6. The Bertz CT molecular complexity index is 961. The van der Waals surface area contributed by atoms with Crippen molar-refractivity contribution in [3.63, 3.8) is 0 Å². The van der Waals surface area contributed by atoms with Crippen LogP contribution < -0.4 is 10.6 Å². The maximum atomic E-state index is 9.29. The Labute approximate surface area is 165 Å². The first-order chi connectivity index (χ1) is 13.8. The second kappa shape index (κ2) is 10.0. The number of aryl methyl sites for hydroxylation is 1. The molecular weight excluding hydrogens is 348 g/mol. The Hall–Kier alpha value is -3.46. The summed E-state index contributed by atoms with van der Waals surface area (Å²) >= 11 is 0. The van der Waals surface area contributed by atoms with E-state index in [2.05, 4.69) is 33.3 Å². The fourth-order valence-corrected chi connectivity index (χ4v) is 3.05. The lowest BCUT2D eigenvalue weighted by Crippen LogP contribution is -2.33. The second-order valence-electron chi connectivity index (χ2n) is 6.58. The Kier molecular flexibility index (Phi) is 6.91. The van der Waals surface area contributed by atoms with E-state index in [1.54, 1.807) is 24.5 Å². The number of anilines is 1. The van der Waals surface area contributed by atoms with Gasteiger partial charge in [-0.1, -0.05) is 31.0 Å². The molecule has 28 heavy (non-hydrogen) atoms. The molecule has 0 fully saturated rings. The second-order valence-corrected chi connectivity index (χ2v) is 6.58. The van der Waals surface area contributed by atoms with Gasteiger partial charge in [0, 0.05) is 30.5 Å². The smallest absolute Gasteiger partial charge is 0.209 e. The van der Waals surface area contributed by atoms with Gasteiger partial charge in [-0.3, -0.25) is 15.0 Å². The highest BCUT2D eigenvalue weighted by Crippen LogP contribution is 2.15. The van der Waals surface area contributed by atoms with E-state index in [0.717, 1.165) is 37.6 Å². The summed E-state index contributed by atoms with van der Waals surface area (Å²) in [5.74, 6) is 0.218. The number of benzene rings is 1. The van der Waals surface area contributed by atoms with Crippen molar-refractivity contribution in [1.82, 2.24) is 9.97 Å². The van der Waals surface area contributed by atoms with Crippen molar-refractivity contribution in [2.75, 3.05) is 11.4 Å². The van der Waals surface area contributed by atoms with Crippen LogP contribution in [0.5, 0.6) is 0 Å². The zero-order valence-corrected chi connectivity index (χ0v) is 15.8. The van der Waals surface area contributed by atoms with Crippen LogP contribution in [0.3, 0.4) is 0 Å². The third kappa shape index (κ3) is 5.27. The number of hydrogen-bond donors (Lipinski definition) is 1. The number of aliphatic imine (C=N–C) groups is 1. The summed E-state index contributed by atoms with van der Waals surface area (Å²) in [5, 5.41) is 10.5. The SMILES string of the molecule is N#CN(C(N)=NCCCCCCc1cnc2ccccc2c1)c1ccncc1. The van der Waals surface area contributed by atoms with Gasteiger partial charge in [0.1, 0.15) is 0 Å². The van der Waals surface area contributed by atoms with E-state index in [-0.39, 0.29) is 5.96 Å². The molecule has 6 heteroatoms. The van der Waals surface area contributed by atoms with Crippen LogP contribution in [0, 0.1) is 11.5 Å². The summed E-state index contributed by atoms with van der Waals surface area (Å²) in [6, 6.07) is 13.9. The first kappa shape index (κ1) is 19.3. The van der Waals surface area contributed by atoms with E-state index >= 15 is 0 Å². The number of unbranched alkanes of at least 4 members (excludes halogenated alkanes) is 3. The normalized spacial score (nSPS) is 11.3. The van der Waals surface area contributed by atoms with E-state index in [1.807, 2.05) is 24.4 Å². The number of aromatic nitrogens is 2. The highest BCUT2D eigenvalue weighted by Gasteiger charge is 2.08. The van der Waals surface area contributed by atoms with Gasteiger partial charge < -0.3 is 5.73 Å². The minimum Gasteiger partial charge on any atom is -0.369 e. The number of nitriles is 1. The van der Waals surface area contributed by atoms with Crippen molar-refractivity contribution in [3.05, 3.63) is 66.6 Å². The number of nitrogens with two attached hydrogens (primary N) is 1. The van der Waals surface area contributed by atoms with Gasteiger partial charge in [0.2, 0.25) is 5.96 Å². The van der Waals surface area contributed by atoms with Crippen LogP contribution in [-0.2, 0) is 6.42 Å². The van der Waals surface area contributed by atoms with E-state index in [0.29, 0.717) is 12.2 Å². The molecule has 0 aliphatic rings. The summed E-state index contributed by atoms with van der Waals surface area (Å²) in [6.45, 7) is 0.618. The predicted molar refractivity (Wildman–Crippen MR) is 113 cm³/mol. The molecule has 0 radical (unpaired) electrons. The van der Waals surface area contributed by atoms with Gasteiger partial charge in [-0.25, -0.2) is 4.90 Å². The van der Waals surface area contributed by atoms with Crippen LogP contribution >= 0.6 is 0 Å². The van der Waals surface area contributed by atoms with Crippen LogP contribution in [-0.4, -0.2) is 22.5 Å². The lowest BCUT2D eigenvalue weighted by molar-refractivity contribution is 0.646. The van der Waals surface area contributed by atoms with Crippen LogP contribution in [0.25, 0.3) is 10.9 Å². The van der Waals surface area contributed by atoms with Crippen molar-refractivity contribution in [2.24, 2.45) is 10.7 Å². The molecular formula is C22H24N6. The molecule has 142 valence electrons. The van der Waals surface area contributed by atoms with Crippen molar-refractivity contribution >= 4 is 22.5 Å². The fraction of sp³-hybridized carbons (Fsp3) is 0.273. The van der Waals surface area contributed by atoms with Crippen LogP contribution in [0.1, 0.15) is 31.2 Å². The number of fused-ring (bicyclic) bond motifs is 1. The summed E-state index contributed by atoms with van der Waals surface area (Å²) in [4.78, 5) is 14.1. The highest BCUT2D eigenvalue weighted by atomic mass is 15.2. The van der Waals surface area contributed by atoms with E-state index in [4.69, 9.17) is 5.73 Å². The summed E-state index contributed by atoms with van der Waals surface area (Å²) in [7, 11) is 0.